The van der Waals surface area contributed by atoms with Crippen LogP contribution in [0.5, 0.6) is 0 Å². The zero-order chi connectivity index (χ0) is 7.86. The quantitative estimate of drug-likeness (QED) is 0.368. The number of carbonyl (C=O) groups is 2. The van der Waals surface area contributed by atoms with Crippen molar-refractivity contribution in [2.45, 2.75) is 13.8 Å². The zero-order valence-corrected chi connectivity index (χ0v) is 5.12. The molecule has 0 aliphatic rings. The maximum absolute atomic E-state index is 9.34. The van der Waals surface area contributed by atoms with Crippen LogP contribution in [0.4, 0.5) is 0 Å². The van der Waals surface area contributed by atoms with Gasteiger partial charge in [0.1, 0.15) is 0 Å². The van der Waals surface area contributed by atoms with Gasteiger partial charge in [-0.05, 0) is 0 Å². The summed E-state index contributed by atoms with van der Waals surface area (Å²) in [5, 5.41) is 14.7. The van der Waals surface area contributed by atoms with E-state index in [1.165, 1.54) is 0 Å². The number of aliphatic carboxylic acids is 1. The fraction of sp³-hybridized carbons (Fsp3) is 0.500. The lowest BCUT2D eigenvalue weighted by atomic mass is 10.9. The molecule has 0 atom stereocenters. The van der Waals surface area contributed by atoms with Crippen LogP contribution in [0.25, 0.3) is 0 Å². The van der Waals surface area contributed by atoms with Gasteiger partial charge in [-0.1, -0.05) is 0 Å². The zero-order valence-electron chi connectivity index (χ0n) is 6.12. The normalized spacial score (nSPS) is 6.56. The molecule has 0 saturated carbocycles. The third-order valence-electron chi connectivity index (χ3n) is 0.129. The molecule has 0 saturated heterocycles. The molecule has 0 aromatic carbocycles. The largest absolute Gasteiger partial charge is 1.00 e. The fourth-order valence-electron chi connectivity index (χ4n) is 0. The van der Waals surface area contributed by atoms with E-state index in [4.69, 9.17) is 15.2 Å². The minimum Gasteiger partial charge on any atom is -0.481 e. The van der Waals surface area contributed by atoms with E-state index in [1.54, 1.807) is 0 Å². The molecule has 2 N–H and O–H groups in total. The lowest BCUT2D eigenvalue weighted by Crippen LogP contribution is -1.89. The van der Waals surface area contributed by atoms with E-state index in [9.17, 15) is 4.79 Å². The van der Waals surface area contributed by atoms with Crippen LogP contribution in [0.15, 0.2) is 0 Å². The Morgan fingerprint density at radius 3 is 1.56 bits per heavy atom. The van der Waals surface area contributed by atoms with E-state index in [-0.39, 0.29) is 1.43 Å². The van der Waals surface area contributed by atoms with E-state index in [2.05, 4.69) is 4.89 Å². The van der Waals surface area contributed by atoms with Crippen molar-refractivity contribution >= 4 is 11.9 Å². The summed E-state index contributed by atoms with van der Waals surface area (Å²) >= 11 is 0. The van der Waals surface area contributed by atoms with Gasteiger partial charge in [-0.3, -0.25) is 4.79 Å². The Balaban J connectivity index is -0.0000000910. The Labute approximate surface area is 53.3 Å². The SMILES string of the molecule is CC(=O)O.CC(=O)OO.[H+]. The number of rotatable bonds is 0. The van der Waals surface area contributed by atoms with Gasteiger partial charge >= 0.3 is 7.40 Å². The van der Waals surface area contributed by atoms with Crippen LogP contribution in [-0.2, 0) is 14.5 Å². The minimum atomic E-state index is -0.833. The summed E-state index contributed by atoms with van der Waals surface area (Å²) in [5.41, 5.74) is 0. The van der Waals surface area contributed by atoms with Gasteiger partial charge in [-0.25, -0.2) is 4.79 Å². The molecule has 0 fully saturated rings. The molecular weight excluding hydrogens is 128 g/mol. The number of carboxylic acid groups (broad SMARTS) is 1. The molecule has 0 radical (unpaired) electrons. The lowest BCUT2D eigenvalue weighted by Gasteiger charge is -1.76. The highest BCUT2D eigenvalue weighted by molar-refractivity contribution is 5.64. The van der Waals surface area contributed by atoms with E-state index >= 15 is 0 Å². The monoisotopic (exact) mass is 137 g/mol. The molecule has 0 amide bonds. The van der Waals surface area contributed by atoms with Gasteiger partial charge in [-0.2, -0.15) is 5.26 Å². The fourth-order valence-corrected chi connectivity index (χ4v) is 0. The summed E-state index contributed by atoms with van der Waals surface area (Å²) in [6.07, 6.45) is 0. The summed E-state index contributed by atoms with van der Waals surface area (Å²) in [7, 11) is 0. The summed E-state index contributed by atoms with van der Waals surface area (Å²) in [6, 6.07) is 0. The maximum atomic E-state index is 9.34. The van der Waals surface area contributed by atoms with E-state index in [0.29, 0.717) is 0 Å². The van der Waals surface area contributed by atoms with Crippen LogP contribution >= 0.6 is 0 Å². The van der Waals surface area contributed by atoms with Gasteiger partial charge in [0.25, 0.3) is 5.97 Å². The molecule has 0 aromatic rings. The number of hydrogen-bond acceptors (Lipinski definition) is 4. The van der Waals surface area contributed by atoms with E-state index in [1.807, 2.05) is 0 Å². The van der Waals surface area contributed by atoms with Gasteiger partial charge in [-0.15, -0.1) is 0 Å². The summed E-state index contributed by atoms with van der Waals surface area (Å²) in [5.74, 6) is -1.52. The topological polar surface area (TPSA) is 83.8 Å². The van der Waals surface area contributed by atoms with Crippen LogP contribution < -0.4 is 0 Å². The Morgan fingerprint density at radius 1 is 1.44 bits per heavy atom. The second-order valence-electron chi connectivity index (χ2n) is 1.10. The molecule has 0 aromatic heterocycles. The molecule has 54 valence electrons. The Bertz CT molecular complexity index is 97.8. The molecule has 0 heterocycles. The predicted octanol–water partition coefficient (Wildman–Crippen LogP) is 0.226. The Hall–Kier alpha value is -1.10. The maximum Gasteiger partial charge on any atom is 1.00 e. The van der Waals surface area contributed by atoms with E-state index in [0.717, 1.165) is 13.8 Å². The van der Waals surface area contributed by atoms with Crippen molar-refractivity contribution in [3.05, 3.63) is 0 Å². The molecule has 0 aliphatic carbocycles. The molecule has 5 nitrogen and oxygen atoms in total. The summed E-state index contributed by atoms with van der Waals surface area (Å²) < 4.78 is 0. The van der Waals surface area contributed by atoms with Gasteiger partial charge in [0.15, 0.2) is 0 Å². The standard InChI is InChI=1S/C2H4O3.C2H4O2/c1-2(3)5-4;1-2(3)4/h4H,1H3;1H3,(H,3,4)/p+1. The summed E-state index contributed by atoms with van der Waals surface area (Å²) in [4.78, 5) is 21.5. The number of carbonyl (C=O) groups excluding carboxylic acids is 1. The Kier molecular flexibility index (Phi) is 8.28. The van der Waals surface area contributed by atoms with Crippen molar-refractivity contribution in [1.82, 2.24) is 0 Å². The van der Waals surface area contributed by atoms with Crippen LogP contribution in [0.3, 0.4) is 0 Å². The number of hydrogen-bond donors (Lipinski definition) is 2. The highest BCUT2D eigenvalue weighted by atomic mass is 17.1. The van der Waals surface area contributed by atoms with Gasteiger partial charge in [0.05, 0.1) is 0 Å². The van der Waals surface area contributed by atoms with Crippen molar-refractivity contribution in [1.29, 1.82) is 0 Å². The molecule has 0 bridgehead atoms. The first-order valence-corrected chi connectivity index (χ1v) is 2.02. The van der Waals surface area contributed by atoms with Gasteiger partial charge in [0.2, 0.25) is 0 Å². The smallest absolute Gasteiger partial charge is 0.481 e. The lowest BCUT2D eigenvalue weighted by molar-refractivity contribution is -0.231. The van der Waals surface area contributed by atoms with Crippen LogP contribution in [0.2, 0.25) is 0 Å². The third-order valence-corrected chi connectivity index (χ3v) is 0.129. The Morgan fingerprint density at radius 2 is 1.56 bits per heavy atom. The molecule has 0 unspecified atom stereocenters. The highest BCUT2D eigenvalue weighted by Gasteiger charge is 1.79. The van der Waals surface area contributed by atoms with Crippen molar-refractivity contribution in [2.24, 2.45) is 0 Å². The van der Waals surface area contributed by atoms with Crippen LogP contribution in [0.1, 0.15) is 15.3 Å². The van der Waals surface area contributed by atoms with Crippen LogP contribution in [0, 0.1) is 0 Å². The molecule has 0 aliphatic heterocycles. The minimum absolute atomic E-state index is 0. The third kappa shape index (κ3) is 205. The summed E-state index contributed by atoms with van der Waals surface area (Å²) in [6.45, 7) is 2.19. The van der Waals surface area contributed by atoms with Crippen molar-refractivity contribution in [3.63, 3.8) is 0 Å². The molecule has 0 rings (SSSR count). The van der Waals surface area contributed by atoms with Crippen molar-refractivity contribution in [3.8, 4) is 0 Å². The highest BCUT2D eigenvalue weighted by Crippen LogP contribution is 1.59. The first-order chi connectivity index (χ1) is 4.00. The molecule has 0 spiro atoms. The molecule has 5 heteroatoms. The van der Waals surface area contributed by atoms with Gasteiger partial charge in [0, 0.05) is 13.8 Å². The average Bonchev–Trinajstić information content (AvgIpc) is 1.65. The van der Waals surface area contributed by atoms with E-state index < -0.39 is 11.9 Å². The first kappa shape index (κ1) is 10.8. The number of carboxylic acids is 1. The van der Waals surface area contributed by atoms with Crippen molar-refractivity contribution < 1.29 is 26.3 Å². The molecule has 9 heavy (non-hydrogen) atoms. The van der Waals surface area contributed by atoms with Crippen molar-refractivity contribution in [2.75, 3.05) is 0 Å². The first-order valence-electron chi connectivity index (χ1n) is 2.02. The van der Waals surface area contributed by atoms with Crippen LogP contribution in [-0.4, -0.2) is 22.3 Å². The second kappa shape index (κ2) is 6.90. The average molecular weight is 137 g/mol. The second-order valence-corrected chi connectivity index (χ2v) is 1.10. The van der Waals surface area contributed by atoms with Gasteiger partial charge < -0.3 is 9.99 Å². The predicted molar refractivity (Wildman–Crippen MR) is 28.8 cm³/mol. The molecular formula is C4H9O5+.